The predicted molar refractivity (Wildman–Crippen MR) is 104 cm³/mol. The normalized spacial score (nSPS) is 16.6. The Bertz CT molecular complexity index is 644. The van der Waals surface area contributed by atoms with Crippen LogP contribution in [0, 0.1) is 17.0 Å². The van der Waals surface area contributed by atoms with Gasteiger partial charge < -0.3 is 20.7 Å². The molecule has 1 aromatic carbocycles. The largest absolute Gasteiger partial charge is 0.384 e. The summed E-state index contributed by atoms with van der Waals surface area (Å²) in [5.41, 5.74) is -0.473. The molecular weight excluding hydrogens is 392 g/mol. The fourth-order valence-electron chi connectivity index (χ4n) is 3.49. The Kier molecular flexibility index (Phi) is 9.78. The van der Waals surface area contributed by atoms with Gasteiger partial charge in [-0.2, -0.15) is 0 Å². The number of nitrogens with one attached hydrogen (secondary N) is 3. The molecule has 9 heteroatoms. The second kappa shape index (κ2) is 11.3. The number of methoxy groups -OCH3 is 1. The van der Waals surface area contributed by atoms with E-state index in [0.29, 0.717) is 13.2 Å². The Morgan fingerprint density at radius 1 is 1.25 bits per heavy atom. The average Bonchev–Trinajstić information content (AvgIpc) is 2.60. The van der Waals surface area contributed by atoms with Gasteiger partial charge in [0.25, 0.3) is 0 Å². The first-order chi connectivity index (χ1) is 12.9. The molecule has 1 atom stereocenters. The zero-order valence-corrected chi connectivity index (χ0v) is 17.0. The molecule has 2 rings (SSSR count). The highest BCUT2D eigenvalue weighted by atomic mass is 35.5. The molecule has 28 heavy (non-hydrogen) atoms. The summed E-state index contributed by atoms with van der Waals surface area (Å²) < 4.78 is 33.5. The van der Waals surface area contributed by atoms with Crippen molar-refractivity contribution >= 4 is 24.2 Å². The molecule has 1 saturated heterocycles. The molecule has 3 N–H and O–H groups in total. The third-order valence-electron chi connectivity index (χ3n) is 4.89. The number of piperidine rings is 1. The lowest BCUT2D eigenvalue weighted by molar-refractivity contribution is -0.123. The minimum atomic E-state index is -1.07. The van der Waals surface area contributed by atoms with E-state index in [1.54, 1.807) is 7.11 Å². The fraction of sp³-hybridized carbons (Fsp3) is 0.579. The second-order valence-electron chi connectivity index (χ2n) is 7.05. The van der Waals surface area contributed by atoms with Crippen LogP contribution in [0.25, 0.3) is 0 Å². The molecule has 2 amide bonds. The summed E-state index contributed by atoms with van der Waals surface area (Å²) in [4.78, 5) is 23.9. The van der Waals surface area contributed by atoms with Gasteiger partial charge in [0.05, 0.1) is 19.1 Å². The molecule has 1 aliphatic rings. The molecule has 1 aromatic rings. The van der Waals surface area contributed by atoms with Crippen LogP contribution in [0.2, 0.25) is 0 Å². The van der Waals surface area contributed by atoms with Gasteiger partial charge in [-0.05, 0) is 38.1 Å². The van der Waals surface area contributed by atoms with Crippen molar-refractivity contribution < 1.29 is 23.1 Å². The molecule has 0 spiro atoms. The van der Waals surface area contributed by atoms with Gasteiger partial charge in [0, 0.05) is 31.6 Å². The maximum atomic E-state index is 14.1. The monoisotopic (exact) mass is 419 g/mol. The third-order valence-corrected chi connectivity index (χ3v) is 4.89. The number of benzene rings is 1. The quantitative estimate of drug-likeness (QED) is 0.602. The molecule has 0 aliphatic carbocycles. The van der Waals surface area contributed by atoms with E-state index < -0.39 is 23.6 Å². The summed E-state index contributed by atoms with van der Waals surface area (Å²) in [6.07, 6.45) is 1.47. The number of carbonyl (C=O) groups is 2. The van der Waals surface area contributed by atoms with Crippen molar-refractivity contribution in [3.05, 3.63) is 35.4 Å². The van der Waals surface area contributed by atoms with Gasteiger partial charge in [0.15, 0.2) is 0 Å². The summed E-state index contributed by atoms with van der Waals surface area (Å²) in [6, 6.07) is 2.38. The molecule has 158 valence electrons. The number of hydrogen-bond acceptors (Lipinski definition) is 4. The summed E-state index contributed by atoms with van der Waals surface area (Å²) in [5.74, 6) is -2.44. The fourth-order valence-corrected chi connectivity index (χ4v) is 3.49. The topological polar surface area (TPSA) is 79.5 Å². The van der Waals surface area contributed by atoms with Gasteiger partial charge in [-0.15, -0.1) is 12.4 Å². The van der Waals surface area contributed by atoms with Gasteiger partial charge in [-0.3, -0.25) is 9.59 Å². The molecule has 1 unspecified atom stereocenters. The Balaban J connectivity index is 0.00000392. The van der Waals surface area contributed by atoms with Crippen molar-refractivity contribution in [2.75, 3.05) is 33.4 Å². The maximum Gasteiger partial charge on any atom is 0.222 e. The van der Waals surface area contributed by atoms with Crippen LogP contribution in [0.3, 0.4) is 0 Å². The zero-order valence-electron chi connectivity index (χ0n) is 16.1. The van der Waals surface area contributed by atoms with Crippen LogP contribution in [0.5, 0.6) is 0 Å². The molecule has 0 aromatic heterocycles. The van der Waals surface area contributed by atoms with E-state index >= 15 is 0 Å². The minimum absolute atomic E-state index is 0. The van der Waals surface area contributed by atoms with E-state index in [9.17, 15) is 18.4 Å². The van der Waals surface area contributed by atoms with Crippen LogP contribution in [-0.2, 0) is 14.3 Å². The lowest BCUT2D eigenvalue weighted by Crippen LogP contribution is -2.47. The van der Waals surface area contributed by atoms with E-state index in [0.717, 1.165) is 38.1 Å². The molecular formula is C19H28ClF2N3O3. The van der Waals surface area contributed by atoms with Gasteiger partial charge in [-0.1, -0.05) is 6.07 Å². The molecule has 1 heterocycles. The number of rotatable bonds is 8. The lowest BCUT2D eigenvalue weighted by atomic mass is 9.79. The summed E-state index contributed by atoms with van der Waals surface area (Å²) in [5, 5.41) is 8.59. The summed E-state index contributed by atoms with van der Waals surface area (Å²) >= 11 is 0. The zero-order chi connectivity index (χ0) is 19.9. The number of halogens is 3. The molecule has 0 bridgehead atoms. The predicted octanol–water partition coefficient (Wildman–Crippen LogP) is 2.09. The van der Waals surface area contributed by atoms with Gasteiger partial charge >= 0.3 is 0 Å². The van der Waals surface area contributed by atoms with Crippen LogP contribution in [-0.4, -0.2) is 45.2 Å². The van der Waals surface area contributed by atoms with Crippen LogP contribution >= 0.6 is 12.4 Å². The van der Waals surface area contributed by atoms with Crippen molar-refractivity contribution in [3.8, 4) is 0 Å². The third kappa shape index (κ3) is 6.68. The number of amides is 2. The maximum absolute atomic E-state index is 14.1. The first kappa shape index (κ1) is 24.3. The van der Waals surface area contributed by atoms with E-state index in [-0.39, 0.29) is 35.7 Å². The van der Waals surface area contributed by atoms with Crippen molar-refractivity contribution in [1.82, 2.24) is 16.0 Å². The van der Waals surface area contributed by atoms with Crippen LogP contribution in [0.1, 0.15) is 37.8 Å². The Hall–Kier alpha value is -1.77. The van der Waals surface area contributed by atoms with Crippen LogP contribution in [0.4, 0.5) is 8.78 Å². The number of hydrogen-bond donors (Lipinski definition) is 3. The van der Waals surface area contributed by atoms with E-state index in [1.165, 1.54) is 13.0 Å². The lowest BCUT2D eigenvalue weighted by Gasteiger charge is -2.37. The van der Waals surface area contributed by atoms with Gasteiger partial charge in [0.2, 0.25) is 11.8 Å². The summed E-state index contributed by atoms with van der Waals surface area (Å²) in [6.45, 7) is 3.86. The molecule has 0 radical (unpaired) electrons. The van der Waals surface area contributed by atoms with Gasteiger partial charge in [0.1, 0.15) is 11.6 Å². The van der Waals surface area contributed by atoms with Gasteiger partial charge in [-0.25, -0.2) is 8.78 Å². The SMILES string of the molecule is COCC1(CNC(=O)CC(NC(C)=O)c2c(F)cccc2F)CCNCC1.Cl. The van der Waals surface area contributed by atoms with Crippen LogP contribution in [0.15, 0.2) is 18.2 Å². The molecule has 1 fully saturated rings. The Morgan fingerprint density at radius 2 is 1.86 bits per heavy atom. The number of carbonyl (C=O) groups excluding carboxylic acids is 2. The average molecular weight is 420 g/mol. The minimum Gasteiger partial charge on any atom is -0.384 e. The van der Waals surface area contributed by atoms with Crippen LogP contribution < -0.4 is 16.0 Å². The summed E-state index contributed by atoms with van der Waals surface area (Å²) in [7, 11) is 1.62. The highest BCUT2D eigenvalue weighted by Crippen LogP contribution is 2.29. The van der Waals surface area contributed by atoms with Crippen molar-refractivity contribution in [2.45, 2.75) is 32.2 Å². The number of ether oxygens (including phenoxy) is 1. The van der Waals surface area contributed by atoms with E-state index in [1.807, 2.05) is 0 Å². The first-order valence-electron chi connectivity index (χ1n) is 9.04. The second-order valence-corrected chi connectivity index (χ2v) is 7.05. The molecule has 0 saturated carbocycles. The highest BCUT2D eigenvalue weighted by molar-refractivity contribution is 5.85. The van der Waals surface area contributed by atoms with E-state index in [2.05, 4.69) is 16.0 Å². The molecule has 1 aliphatic heterocycles. The van der Waals surface area contributed by atoms with Crippen molar-refractivity contribution in [3.63, 3.8) is 0 Å². The first-order valence-corrected chi connectivity index (χ1v) is 9.04. The molecule has 6 nitrogen and oxygen atoms in total. The smallest absolute Gasteiger partial charge is 0.222 e. The van der Waals surface area contributed by atoms with Crippen molar-refractivity contribution in [1.29, 1.82) is 0 Å². The Labute approximate surface area is 170 Å². The Morgan fingerprint density at radius 3 is 2.39 bits per heavy atom. The van der Waals surface area contributed by atoms with E-state index in [4.69, 9.17) is 4.74 Å². The standard InChI is InChI=1S/C19H27F2N3O3.ClH/c1-13(25)24-16(18-14(20)4-3-5-15(18)21)10-17(26)23-11-19(12-27-2)6-8-22-9-7-19;/h3-5,16,22H,6-12H2,1-2H3,(H,23,26)(H,24,25);1H. The highest BCUT2D eigenvalue weighted by Gasteiger charge is 2.33. The van der Waals surface area contributed by atoms with Crippen molar-refractivity contribution in [2.24, 2.45) is 5.41 Å².